The van der Waals surface area contributed by atoms with E-state index in [-0.39, 0.29) is 0 Å². The molecule has 0 amide bonds. The number of rotatable bonds is 4. The van der Waals surface area contributed by atoms with Crippen LogP contribution in [-0.2, 0) is 17.6 Å². The molecule has 8 nitrogen and oxygen atoms in total. The first-order valence-corrected chi connectivity index (χ1v) is 11.4. The number of para-hydroxylation sites is 1. The number of aromatic amines is 1. The van der Waals surface area contributed by atoms with Crippen molar-refractivity contribution in [2.45, 2.75) is 54.1 Å². The summed E-state index contributed by atoms with van der Waals surface area (Å²) in [6.45, 7) is -0.509. The summed E-state index contributed by atoms with van der Waals surface area (Å²) in [4.78, 5) is 8.00. The standard InChI is InChI=1S/C23H23N3O5S/c24-8-13-18(14-9-25-15-6-2-1-4-11(14)15)12-5-3-7-16(12)26-22(13)32-23-21(30)20(29)19(28)17(10-27)31-23/h1-2,4,6,9,17,19-21,23,25,27-30H,3,5,7,10H2/t17-,19+,20+,21-,23+/m1/s1. The van der Waals surface area contributed by atoms with Gasteiger partial charge in [-0.25, -0.2) is 4.98 Å². The highest BCUT2D eigenvalue weighted by Gasteiger charge is 2.44. The van der Waals surface area contributed by atoms with Crippen LogP contribution >= 0.6 is 11.8 Å². The smallest absolute Gasteiger partial charge is 0.138 e. The van der Waals surface area contributed by atoms with Crippen molar-refractivity contribution in [2.75, 3.05) is 6.61 Å². The van der Waals surface area contributed by atoms with Crippen LogP contribution in [0.25, 0.3) is 22.0 Å². The van der Waals surface area contributed by atoms with Gasteiger partial charge >= 0.3 is 0 Å². The molecule has 5 atom stereocenters. The highest BCUT2D eigenvalue weighted by atomic mass is 32.2. The third kappa shape index (κ3) is 3.40. The van der Waals surface area contributed by atoms with Gasteiger partial charge in [-0.3, -0.25) is 0 Å². The number of benzene rings is 1. The molecule has 1 fully saturated rings. The fourth-order valence-corrected chi connectivity index (χ4v) is 5.74. The summed E-state index contributed by atoms with van der Waals surface area (Å²) in [5.41, 5.74) is 4.09. The lowest BCUT2D eigenvalue weighted by atomic mass is 9.95. The number of pyridine rings is 1. The Morgan fingerprint density at radius 3 is 2.75 bits per heavy atom. The van der Waals surface area contributed by atoms with Crippen molar-refractivity contribution in [2.24, 2.45) is 0 Å². The number of H-pyrrole nitrogens is 1. The predicted molar refractivity (Wildman–Crippen MR) is 118 cm³/mol. The summed E-state index contributed by atoms with van der Waals surface area (Å²) in [6, 6.07) is 10.2. The monoisotopic (exact) mass is 453 g/mol. The molecular formula is C23H23N3O5S. The largest absolute Gasteiger partial charge is 0.394 e. The Hall–Kier alpha value is -2.45. The Kier molecular flexibility index (Phi) is 5.67. The van der Waals surface area contributed by atoms with Crippen LogP contribution in [0.1, 0.15) is 23.2 Å². The molecular weight excluding hydrogens is 430 g/mol. The van der Waals surface area contributed by atoms with Gasteiger partial charge in [0.25, 0.3) is 0 Å². The summed E-state index contributed by atoms with van der Waals surface area (Å²) in [6.07, 6.45) is -0.869. The van der Waals surface area contributed by atoms with Gasteiger partial charge in [-0.05, 0) is 30.9 Å². The van der Waals surface area contributed by atoms with Gasteiger partial charge in [0.15, 0.2) is 0 Å². The van der Waals surface area contributed by atoms with E-state index in [0.717, 1.165) is 64.3 Å². The SMILES string of the molecule is N#Cc1c(S[C@@H]2O[C@H](CO)[C@H](O)[C@H](O)[C@H]2O)nc2c(c1-c1c[nH]c3ccccc13)CCC2. The number of hydrogen-bond acceptors (Lipinski definition) is 8. The maximum Gasteiger partial charge on any atom is 0.138 e. The number of aliphatic hydroxyl groups excluding tert-OH is 4. The minimum atomic E-state index is -1.48. The molecule has 0 radical (unpaired) electrons. The maximum atomic E-state index is 10.5. The molecule has 3 aromatic rings. The number of fused-ring (bicyclic) bond motifs is 2. The van der Waals surface area contributed by atoms with Gasteiger partial charge in [-0.15, -0.1) is 0 Å². The molecule has 9 heteroatoms. The molecule has 3 heterocycles. The quantitative estimate of drug-likeness (QED) is 0.400. The van der Waals surface area contributed by atoms with E-state index < -0.39 is 36.5 Å². The Balaban J connectivity index is 1.62. The lowest BCUT2D eigenvalue weighted by Crippen LogP contribution is -2.57. The number of aromatic nitrogens is 2. The van der Waals surface area contributed by atoms with Crippen molar-refractivity contribution in [3.8, 4) is 17.2 Å². The Morgan fingerprint density at radius 2 is 1.97 bits per heavy atom. The van der Waals surface area contributed by atoms with Gasteiger partial charge in [0.05, 0.1) is 12.2 Å². The van der Waals surface area contributed by atoms with E-state index in [0.29, 0.717) is 10.6 Å². The number of nitrogens with one attached hydrogen (secondary N) is 1. The Labute approximate surface area is 188 Å². The van der Waals surface area contributed by atoms with Crippen molar-refractivity contribution in [1.82, 2.24) is 9.97 Å². The molecule has 0 saturated carbocycles. The number of nitrogens with zero attached hydrogens (tertiary/aromatic N) is 2. The van der Waals surface area contributed by atoms with Crippen LogP contribution in [0.3, 0.4) is 0 Å². The van der Waals surface area contributed by atoms with Crippen molar-refractivity contribution >= 4 is 22.7 Å². The number of aliphatic hydroxyl groups is 4. The van der Waals surface area contributed by atoms with Crippen molar-refractivity contribution in [3.63, 3.8) is 0 Å². The third-order valence-electron chi connectivity index (χ3n) is 6.24. The average molecular weight is 454 g/mol. The highest BCUT2D eigenvalue weighted by Crippen LogP contribution is 2.43. The minimum absolute atomic E-state index is 0.386. The zero-order valence-corrected chi connectivity index (χ0v) is 17.9. The van der Waals surface area contributed by atoms with Gasteiger partial charge in [-0.2, -0.15) is 5.26 Å². The van der Waals surface area contributed by atoms with Crippen molar-refractivity contribution in [3.05, 3.63) is 47.3 Å². The number of hydrogen-bond donors (Lipinski definition) is 5. The third-order valence-corrected chi connectivity index (χ3v) is 7.38. The van der Waals surface area contributed by atoms with Crippen LogP contribution in [0.5, 0.6) is 0 Å². The summed E-state index contributed by atoms with van der Waals surface area (Å²) >= 11 is 1.03. The highest BCUT2D eigenvalue weighted by molar-refractivity contribution is 7.99. The van der Waals surface area contributed by atoms with Crippen molar-refractivity contribution in [1.29, 1.82) is 5.26 Å². The molecule has 2 aromatic heterocycles. The van der Waals surface area contributed by atoms with E-state index in [9.17, 15) is 25.7 Å². The van der Waals surface area contributed by atoms with Crippen LogP contribution in [0.15, 0.2) is 35.5 Å². The predicted octanol–water partition coefficient (Wildman–Crippen LogP) is 1.48. The number of thioether (sulfide) groups is 1. The molecule has 1 aromatic carbocycles. The molecule has 32 heavy (non-hydrogen) atoms. The lowest BCUT2D eigenvalue weighted by molar-refractivity contribution is -0.205. The van der Waals surface area contributed by atoms with Crippen LogP contribution in [0, 0.1) is 11.3 Å². The second-order valence-corrected chi connectivity index (χ2v) is 9.21. The van der Waals surface area contributed by atoms with E-state index in [4.69, 9.17) is 9.72 Å². The molecule has 1 aliphatic carbocycles. The summed E-state index contributed by atoms with van der Waals surface area (Å²) in [5.74, 6) is 0. The number of ether oxygens (including phenoxy) is 1. The first kappa shape index (κ1) is 21.4. The zero-order valence-electron chi connectivity index (χ0n) is 17.1. The van der Waals surface area contributed by atoms with Crippen LogP contribution in [0.2, 0.25) is 0 Å². The van der Waals surface area contributed by atoms with E-state index in [2.05, 4.69) is 11.1 Å². The van der Waals surface area contributed by atoms with Crippen LogP contribution in [0.4, 0.5) is 0 Å². The lowest BCUT2D eigenvalue weighted by Gasteiger charge is -2.39. The van der Waals surface area contributed by atoms with Crippen LogP contribution in [-0.4, -0.2) is 66.9 Å². The maximum absolute atomic E-state index is 10.5. The first-order chi connectivity index (χ1) is 15.5. The normalized spacial score (nSPS) is 27.4. The average Bonchev–Trinajstić information content (AvgIpc) is 3.45. The fraction of sp³-hybridized carbons (Fsp3) is 0.391. The number of aryl methyl sites for hydroxylation is 1. The van der Waals surface area contributed by atoms with Gasteiger partial charge in [0.2, 0.25) is 0 Å². The molecule has 166 valence electrons. The molecule has 0 unspecified atom stereocenters. The fourth-order valence-electron chi connectivity index (χ4n) is 4.60. The molecule has 0 spiro atoms. The molecule has 2 aliphatic rings. The Bertz CT molecular complexity index is 1200. The van der Waals surface area contributed by atoms with Gasteiger partial charge in [-0.1, -0.05) is 30.0 Å². The molecule has 5 N–H and O–H groups in total. The van der Waals surface area contributed by atoms with Crippen LogP contribution < -0.4 is 0 Å². The zero-order chi connectivity index (χ0) is 22.4. The van der Waals surface area contributed by atoms with Gasteiger partial charge in [0.1, 0.15) is 40.9 Å². The van der Waals surface area contributed by atoms with Gasteiger partial charge in [0, 0.05) is 33.9 Å². The van der Waals surface area contributed by atoms with E-state index in [1.165, 1.54) is 0 Å². The second-order valence-electron chi connectivity index (χ2n) is 8.12. The topological polar surface area (TPSA) is 143 Å². The van der Waals surface area contributed by atoms with E-state index in [1.54, 1.807) is 0 Å². The second kappa shape index (κ2) is 8.48. The Morgan fingerprint density at radius 1 is 1.16 bits per heavy atom. The summed E-state index contributed by atoms with van der Waals surface area (Å²) < 4.78 is 5.65. The molecule has 1 saturated heterocycles. The number of nitriles is 1. The van der Waals surface area contributed by atoms with E-state index in [1.807, 2.05) is 30.5 Å². The molecule has 1 aliphatic heterocycles. The summed E-state index contributed by atoms with van der Waals surface area (Å²) in [5, 5.41) is 51.7. The first-order valence-electron chi connectivity index (χ1n) is 10.5. The van der Waals surface area contributed by atoms with Gasteiger partial charge < -0.3 is 30.1 Å². The summed E-state index contributed by atoms with van der Waals surface area (Å²) in [7, 11) is 0. The minimum Gasteiger partial charge on any atom is -0.394 e. The molecule has 0 bridgehead atoms. The van der Waals surface area contributed by atoms with E-state index >= 15 is 0 Å². The van der Waals surface area contributed by atoms with Crippen molar-refractivity contribution < 1.29 is 25.2 Å². The molecule has 5 rings (SSSR count).